The molecule has 1 unspecified atom stereocenters. The smallest absolute Gasteiger partial charge is 0.321 e. The summed E-state index contributed by atoms with van der Waals surface area (Å²) < 4.78 is 0. The van der Waals surface area contributed by atoms with Crippen LogP contribution in [-0.4, -0.2) is 41.3 Å². The molecule has 17 heavy (non-hydrogen) atoms. The summed E-state index contributed by atoms with van der Waals surface area (Å²) in [5, 5.41) is 16.0. The predicted octanol–water partition coefficient (Wildman–Crippen LogP) is -0.663. The molecule has 8 N–H and O–H groups in total. The van der Waals surface area contributed by atoms with Crippen molar-refractivity contribution >= 4 is 11.9 Å². The van der Waals surface area contributed by atoms with Gasteiger partial charge in [-0.1, -0.05) is 12.8 Å². The lowest BCUT2D eigenvalue weighted by molar-refractivity contribution is -0.144. The van der Waals surface area contributed by atoms with Gasteiger partial charge in [0, 0.05) is 0 Å². The highest BCUT2D eigenvalue weighted by atomic mass is 16.4. The van der Waals surface area contributed by atoms with Gasteiger partial charge < -0.3 is 27.4 Å². The number of hydrogen-bond acceptors (Lipinski definition) is 5. The maximum Gasteiger partial charge on any atom is 0.321 e. The molecule has 0 spiro atoms. The average molecular weight is 249 g/mol. The van der Waals surface area contributed by atoms with E-state index in [2.05, 4.69) is 0 Å². The maximum atomic E-state index is 9.85. The Morgan fingerprint density at radius 1 is 0.941 bits per heavy atom. The fourth-order valence-corrected chi connectivity index (χ4v) is 0.918. The lowest BCUT2D eigenvalue weighted by atomic mass is 10.2. The number of unbranched alkanes of at least 4 members (excludes halogenated alkanes) is 3. The molecule has 1 atom stereocenters. The number of nitrogens with two attached hydrogens (primary N) is 3. The summed E-state index contributed by atoms with van der Waals surface area (Å²) in [7, 11) is 0. The average Bonchev–Trinajstić information content (AvgIpc) is 2.24. The molecule has 0 aliphatic heterocycles. The third kappa shape index (κ3) is 17.4. The number of carboxylic acids is 2. The first-order valence-corrected chi connectivity index (χ1v) is 5.56. The van der Waals surface area contributed by atoms with Gasteiger partial charge in [-0.2, -0.15) is 0 Å². The zero-order valence-electron chi connectivity index (χ0n) is 9.97. The predicted molar refractivity (Wildman–Crippen MR) is 64.4 cm³/mol. The molecule has 0 aromatic heterocycles. The molecule has 0 saturated heterocycles. The van der Waals surface area contributed by atoms with Gasteiger partial charge in [0.1, 0.15) is 6.04 Å². The largest absolute Gasteiger partial charge is 0.481 e. The molecule has 102 valence electrons. The van der Waals surface area contributed by atoms with E-state index in [-0.39, 0.29) is 0 Å². The van der Waals surface area contributed by atoms with Crippen molar-refractivity contribution in [1.29, 1.82) is 0 Å². The first-order chi connectivity index (χ1) is 7.95. The van der Waals surface area contributed by atoms with Crippen LogP contribution in [0.1, 0.15) is 32.1 Å². The van der Waals surface area contributed by atoms with Gasteiger partial charge in [0.15, 0.2) is 0 Å². The van der Waals surface area contributed by atoms with Crippen molar-refractivity contribution < 1.29 is 19.8 Å². The van der Waals surface area contributed by atoms with Gasteiger partial charge in [-0.05, 0) is 25.9 Å². The fourth-order valence-electron chi connectivity index (χ4n) is 0.918. The zero-order valence-corrected chi connectivity index (χ0v) is 9.97. The highest BCUT2D eigenvalue weighted by molar-refractivity contribution is 5.80. The molecule has 0 fully saturated rings. The summed E-state index contributed by atoms with van der Waals surface area (Å²) >= 11 is 0. The molecule has 0 aromatic carbocycles. The topological polar surface area (TPSA) is 153 Å². The minimum Gasteiger partial charge on any atom is -0.481 e. The van der Waals surface area contributed by atoms with E-state index in [1.54, 1.807) is 0 Å². The standard InChI is InChI=1S/C6H16N2.C4H7NO4/c7-5-3-1-2-4-6-8;5-2(4(8)9)1-3(6)7/h1-8H2;2H,1,5H2,(H,6,7)(H,8,9). The highest BCUT2D eigenvalue weighted by Gasteiger charge is 2.14. The minimum atomic E-state index is -1.29. The Balaban J connectivity index is 0. The molecule has 0 radical (unpaired) electrons. The molecule has 7 heteroatoms. The molecule has 0 rings (SSSR count). The van der Waals surface area contributed by atoms with Crippen LogP contribution < -0.4 is 17.2 Å². The van der Waals surface area contributed by atoms with Crippen LogP contribution in [-0.2, 0) is 9.59 Å². The SMILES string of the molecule is NC(CC(=O)O)C(=O)O.NCCCCCCN. The Kier molecular flexibility index (Phi) is 13.8. The van der Waals surface area contributed by atoms with Gasteiger partial charge in [0.2, 0.25) is 0 Å². The summed E-state index contributed by atoms with van der Waals surface area (Å²) in [6, 6.07) is -1.29. The second-order valence-electron chi connectivity index (χ2n) is 3.53. The van der Waals surface area contributed by atoms with Gasteiger partial charge in [0.25, 0.3) is 0 Å². The van der Waals surface area contributed by atoms with Crippen molar-refractivity contribution in [2.24, 2.45) is 17.2 Å². The Bertz CT molecular complexity index is 206. The molecular formula is C10H23N3O4. The van der Waals surface area contributed by atoms with Crippen LogP contribution in [0, 0.1) is 0 Å². The van der Waals surface area contributed by atoms with Crippen LogP contribution in [0.5, 0.6) is 0 Å². The van der Waals surface area contributed by atoms with Gasteiger partial charge >= 0.3 is 11.9 Å². The molecule has 0 aliphatic carbocycles. The van der Waals surface area contributed by atoms with Crippen LogP contribution in [0.25, 0.3) is 0 Å². The first-order valence-electron chi connectivity index (χ1n) is 5.56. The van der Waals surface area contributed by atoms with E-state index < -0.39 is 24.4 Å². The molecule has 0 amide bonds. The van der Waals surface area contributed by atoms with Gasteiger partial charge in [-0.25, -0.2) is 0 Å². The molecular weight excluding hydrogens is 226 g/mol. The van der Waals surface area contributed by atoms with E-state index in [0.29, 0.717) is 0 Å². The van der Waals surface area contributed by atoms with Crippen molar-refractivity contribution in [3.63, 3.8) is 0 Å². The van der Waals surface area contributed by atoms with E-state index in [4.69, 9.17) is 27.4 Å². The third-order valence-corrected chi connectivity index (χ3v) is 1.87. The summed E-state index contributed by atoms with van der Waals surface area (Å²) in [6.45, 7) is 1.65. The van der Waals surface area contributed by atoms with Gasteiger partial charge in [-0.15, -0.1) is 0 Å². The summed E-state index contributed by atoms with van der Waals surface area (Å²) in [4.78, 5) is 19.6. The number of hydrogen-bond donors (Lipinski definition) is 5. The number of carboxylic acid groups (broad SMARTS) is 2. The molecule has 0 heterocycles. The first kappa shape index (κ1) is 18.2. The molecule has 0 aliphatic rings. The third-order valence-electron chi connectivity index (χ3n) is 1.87. The summed E-state index contributed by atoms with van der Waals surface area (Å²) in [6.07, 6.45) is 4.26. The van der Waals surface area contributed by atoms with Crippen LogP contribution >= 0.6 is 0 Å². The van der Waals surface area contributed by atoms with E-state index in [1.165, 1.54) is 12.8 Å². The van der Waals surface area contributed by atoms with E-state index in [9.17, 15) is 9.59 Å². The van der Waals surface area contributed by atoms with Crippen molar-refractivity contribution in [3.8, 4) is 0 Å². The number of carbonyl (C=O) groups is 2. The molecule has 7 nitrogen and oxygen atoms in total. The van der Waals surface area contributed by atoms with Crippen LogP contribution in [0.4, 0.5) is 0 Å². The van der Waals surface area contributed by atoms with Crippen LogP contribution in [0.2, 0.25) is 0 Å². The van der Waals surface area contributed by atoms with Crippen LogP contribution in [0.3, 0.4) is 0 Å². The van der Waals surface area contributed by atoms with E-state index >= 15 is 0 Å². The Morgan fingerprint density at radius 3 is 1.53 bits per heavy atom. The minimum absolute atomic E-state index is 0.532. The monoisotopic (exact) mass is 249 g/mol. The maximum absolute atomic E-state index is 9.85. The van der Waals surface area contributed by atoms with Gasteiger partial charge in [-0.3, -0.25) is 9.59 Å². The van der Waals surface area contributed by atoms with Crippen molar-refractivity contribution in [2.75, 3.05) is 13.1 Å². The second kappa shape index (κ2) is 12.9. The van der Waals surface area contributed by atoms with E-state index in [0.717, 1.165) is 25.9 Å². The van der Waals surface area contributed by atoms with E-state index in [1.807, 2.05) is 0 Å². The quantitative estimate of drug-likeness (QED) is 0.358. The normalized spacial score (nSPS) is 11.2. The summed E-state index contributed by atoms with van der Waals surface area (Å²) in [5.74, 6) is -2.50. The van der Waals surface area contributed by atoms with Gasteiger partial charge in [0.05, 0.1) is 6.42 Å². The second-order valence-corrected chi connectivity index (χ2v) is 3.53. The lowest BCUT2D eigenvalue weighted by Crippen LogP contribution is -2.32. The molecule has 0 aromatic rings. The fraction of sp³-hybridized carbons (Fsp3) is 0.800. The Hall–Kier alpha value is -1.18. The Morgan fingerprint density at radius 2 is 1.35 bits per heavy atom. The number of rotatable bonds is 8. The highest BCUT2D eigenvalue weighted by Crippen LogP contribution is 1.95. The van der Waals surface area contributed by atoms with Crippen molar-refractivity contribution in [2.45, 2.75) is 38.1 Å². The zero-order chi connectivity index (χ0) is 13.7. The summed E-state index contributed by atoms with van der Waals surface area (Å²) in [5.41, 5.74) is 15.4. The molecule has 0 saturated carbocycles. The number of aliphatic carboxylic acids is 2. The van der Waals surface area contributed by atoms with Crippen molar-refractivity contribution in [3.05, 3.63) is 0 Å². The van der Waals surface area contributed by atoms with Crippen molar-refractivity contribution in [1.82, 2.24) is 0 Å². The molecule has 0 bridgehead atoms. The Labute approximate surface area is 101 Å². The lowest BCUT2D eigenvalue weighted by Gasteiger charge is -1.99. The van der Waals surface area contributed by atoms with Crippen LogP contribution in [0.15, 0.2) is 0 Å².